The van der Waals surface area contributed by atoms with Gasteiger partial charge in [0.05, 0.1) is 24.1 Å². The van der Waals surface area contributed by atoms with Crippen molar-refractivity contribution in [3.8, 4) is 11.3 Å². The lowest BCUT2D eigenvalue weighted by Gasteiger charge is -2.14. The number of fused-ring (bicyclic) bond motifs is 2. The van der Waals surface area contributed by atoms with Gasteiger partial charge in [-0.05, 0) is 35.7 Å². The first-order valence-electron chi connectivity index (χ1n) is 11.1. The number of rotatable bonds is 7. The number of H-pyrrole nitrogens is 1. The number of aryl methyl sites for hydroxylation is 1. The number of aromatic amines is 1. The topological polar surface area (TPSA) is 121 Å². The third kappa shape index (κ3) is 4.80. The van der Waals surface area contributed by atoms with Gasteiger partial charge in [0.1, 0.15) is 11.0 Å². The molecular formula is C24H20F3N6O3S-. The van der Waals surface area contributed by atoms with Crippen molar-refractivity contribution in [2.24, 2.45) is 7.05 Å². The van der Waals surface area contributed by atoms with Gasteiger partial charge in [-0.15, -0.1) is 0 Å². The molecule has 9 nitrogen and oxygen atoms in total. The molecule has 0 aliphatic heterocycles. The highest BCUT2D eigenvalue weighted by atomic mass is 32.2. The summed E-state index contributed by atoms with van der Waals surface area (Å²) < 4.78 is 68.0. The molecule has 0 fully saturated rings. The van der Waals surface area contributed by atoms with Gasteiger partial charge in [-0.1, -0.05) is 18.2 Å². The van der Waals surface area contributed by atoms with E-state index in [1.54, 1.807) is 31.6 Å². The van der Waals surface area contributed by atoms with E-state index in [1.807, 2.05) is 0 Å². The minimum absolute atomic E-state index is 0.0570. The molecular weight excluding hydrogens is 509 g/mol. The smallest absolute Gasteiger partial charge is 0.416 e. The maximum Gasteiger partial charge on any atom is 0.416 e. The average Bonchev–Trinajstić information content (AvgIpc) is 3.49. The number of alkyl halides is 3. The number of hydrogen-bond acceptors (Lipinski definition) is 5. The number of pyridine rings is 2. The van der Waals surface area contributed by atoms with Crippen molar-refractivity contribution < 1.29 is 21.9 Å². The fourth-order valence-electron chi connectivity index (χ4n) is 4.40. The lowest BCUT2D eigenvalue weighted by atomic mass is 10.0. The Morgan fingerprint density at radius 2 is 1.97 bits per heavy atom. The van der Waals surface area contributed by atoms with Crippen LogP contribution < -0.4 is 10.3 Å². The summed E-state index contributed by atoms with van der Waals surface area (Å²) in [5.74, 6) is 0. The maximum atomic E-state index is 13.6. The normalized spacial score (nSPS) is 13.0. The molecule has 1 atom stereocenters. The largest absolute Gasteiger partial charge is 0.760 e. The number of nitrogens with one attached hydrogen (secondary N) is 2. The van der Waals surface area contributed by atoms with E-state index in [-0.39, 0.29) is 30.6 Å². The molecule has 4 aromatic heterocycles. The number of halogens is 3. The standard InChI is InChI=1S/C24H21F3N6O3S/c1-32-12-17(16-7-8-28-21(16)23(32)34)19-10-14(6-9-30-37(35)36)20-22(31-19)33(13-29-20)11-15-4-2-3-5-18(15)24(25,26)27/h2-5,7-8,10,12-13,28,30H,6,9,11H2,1H3,(H,35,36)/p-1. The van der Waals surface area contributed by atoms with Crippen LogP contribution in [0.25, 0.3) is 33.3 Å². The molecule has 0 amide bonds. The number of hydrogen-bond donors (Lipinski definition) is 2. The van der Waals surface area contributed by atoms with E-state index in [4.69, 9.17) is 4.98 Å². The quantitative estimate of drug-likeness (QED) is 0.314. The Morgan fingerprint density at radius 1 is 1.19 bits per heavy atom. The van der Waals surface area contributed by atoms with Gasteiger partial charge in [0.2, 0.25) is 0 Å². The second kappa shape index (κ2) is 9.57. The van der Waals surface area contributed by atoms with Crippen molar-refractivity contribution in [2.45, 2.75) is 19.1 Å². The van der Waals surface area contributed by atoms with Gasteiger partial charge in [0.25, 0.3) is 5.56 Å². The van der Waals surface area contributed by atoms with E-state index in [2.05, 4.69) is 14.7 Å². The highest BCUT2D eigenvalue weighted by molar-refractivity contribution is 7.77. The summed E-state index contributed by atoms with van der Waals surface area (Å²) in [6.45, 7) is -0.0387. The second-order valence-corrected chi connectivity index (χ2v) is 9.23. The van der Waals surface area contributed by atoms with E-state index in [0.717, 1.165) is 6.07 Å². The molecule has 192 valence electrons. The van der Waals surface area contributed by atoms with Gasteiger partial charge in [-0.25, -0.2) is 14.7 Å². The van der Waals surface area contributed by atoms with Crippen LogP contribution in [0.2, 0.25) is 0 Å². The minimum Gasteiger partial charge on any atom is -0.760 e. The Kier molecular flexibility index (Phi) is 6.43. The number of imidazole rings is 1. The molecule has 0 aliphatic rings. The fraction of sp³-hybridized carbons (Fsp3) is 0.208. The highest BCUT2D eigenvalue weighted by Crippen LogP contribution is 2.33. The number of aromatic nitrogens is 5. The molecule has 4 heterocycles. The summed E-state index contributed by atoms with van der Waals surface area (Å²) in [6.07, 6.45) is 0.440. The molecule has 5 rings (SSSR count). The van der Waals surface area contributed by atoms with E-state index < -0.39 is 23.0 Å². The van der Waals surface area contributed by atoms with Gasteiger partial charge in [0, 0.05) is 48.2 Å². The summed E-state index contributed by atoms with van der Waals surface area (Å²) >= 11 is -2.46. The summed E-state index contributed by atoms with van der Waals surface area (Å²) in [4.78, 5) is 24.6. The predicted octanol–water partition coefficient (Wildman–Crippen LogP) is 3.27. The van der Waals surface area contributed by atoms with Crippen molar-refractivity contribution in [2.75, 3.05) is 6.54 Å². The molecule has 0 bridgehead atoms. The Labute approximate surface area is 210 Å². The summed E-state index contributed by atoms with van der Waals surface area (Å²) in [6, 6.07) is 8.81. The van der Waals surface area contributed by atoms with Gasteiger partial charge >= 0.3 is 6.18 Å². The van der Waals surface area contributed by atoms with Crippen LogP contribution in [-0.2, 0) is 37.5 Å². The Bertz CT molecular complexity index is 1710. The second-order valence-electron chi connectivity index (χ2n) is 8.47. The molecule has 0 saturated heterocycles. The van der Waals surface area contributed by atoms with E-state index in [1.165, 1.54) is 33.7 Å². The molecule has 0 saturated carbocycles. The van der Waals surface area contributed by atoms with Crippen LogP contribution in [0.15, 0.2) is 59.9 Å². The van der Waals surface area contributed by atoms with Crippen LogP contribution >= 0.6 is 0 Å². The van der Waals surface area contributed by atoms with Crippen LogP contribution in [0.4, 0.5) is 13.2 Å². The van der Waals surface area contributed by atoms with Crippen molar-refractivity contribution in [3.63, 3.8) is 0 Å². The Balaban J connectivity index is 1.68. The van der Waals surface area contributed by atoms with Gasteiger partial charge in [-0.3, -0.25) is 9.00 Å². The third-order valence-electron chi connectivity index (χ3n) is 6.10. The molecule has 0 spiro atoms. The van der Waals surface area contributed by atoms with Crippen LogP contribution in [0.1, 0.15) is 16.7 Å². The molecule has 37 heavy (non-hydrogen) atoms. The monoisotopic (exact) mass is 529 g/mol. The summed E-state index contributed by atoms with van der Waals surface area (Å²) in [5.41, 5.74) is 2.01. The zero-order chi connectivity index (χ0) is 26.3. The SMILES string of the molecule is Cn1cc(-c2cc(CCNS(=O)[O-])c3ncn(Cc4ccccc4C(F)(F)F)c3n2)c2cc[nH]c2c1=O. The molecule has 1 aromatic carbocycles. The molecule has 2 N–H and O–H groups in total. The summed E-state index contributed by atoms with van der Waals surface area (Å²) in [7, 11) is 1.61. The van der Waals surface area contributed by atoms with E-state index in [9.17, 15) is 26.7 Å². The van der Waals surface area contributed by atoms with Gasteiger partial charge < -0.3 is 18.7 Å². The van der Waals surface area contributed by atoms with E-state index in [0.29, 0.717) is 38.9 Å². The summed E-state index contributed by atoms with van der Waals surface area (Å²) in [5, 5.41) is 0.633. The first-order valence-corrected chi connectivity index (χ1v) is 12.2. The van der Waals surface area contributed by atoms with Crippen molar-refractivity contribution >= 4 is 33.3 Å². The highest BCUT2D eigenvalue weighted by Gasteiger charge is 2.33. The number of nitrogens with zero attached hydrogens (tertiary/aromatic N) is 4. The van der Waals surface area contributed by atoms with Gasteiger partial charge in [0.15, 0.2) is 5.65 Å². The molecule has 13 heteroatoms. The molecule has 0 radical (unpaired) electrons. The zero-order valence-corrected chi connectivity index (χ0v) is 20.2. The zero-order valence-electron chi connectivity index (χ0n) is 19.4. The average molecular weight is 530 g/mol. The third-order valence-corrected chi connectivity index (χ3v) is 6.54. The van der Waals surface area contributed by atoms with Gasteiger partial charge in [-0.2, -0.15) is 13.2 Å². The molecule has 5 aromatic rings. The minimum atomic E-state index is -4.52. The van der Waals surface area contributed by atoms with Crippen molar-refractivity contribution in [3.05, 3.63) is 82.2 Å². The molecule has 0 aliphatic carbocycles. The predicted molar refractivity (Wildman–Crippen MR) is 131 cm³/mol. The first kappa shape index (κ1) is 24.9. The van der Waals surface area contributed by atoms with Crippen LogP contribution in [0.5, 0.6) is 0 Å². The molecule has 1 unspecified atom stereocenters. The van der Waals surface area contributed by atoms with Crippen LogP contribution in [0, 0.1) is 0 Å². The van der Waals surface area contributed by atoms with Crippen molar-refractivity contribution in [1.29, 1.82) is 0 Å². The fourth-order valence-corrected chi connectivity index (χ4v) is 4.67. The Hall–Kier alpha value is -3.81. The maximum absolute atomic E-state index is 13.6. The van der Waals surface area contributed by atoms with E-state index >= 15 is 0 Å². The lowest BCUT2D eigenvalue weighted by Crippen LogP contribution is -2.19. The Morgan fingerprint density at radius 3 is 2.73 bits per heavy atom. The number of benzene rings is 1. The van der Waals surface area contributed by atoms with Crippen LogP contribution in [0.3, 0.4) is 0 Å². The first-order chi connectivity index (χ1) is 17.6. The van der Waals surface area contributed by atoms with Crippen molar-refractivity contribution in [1.82, 2.24) is 28.8 Å². The van der Waals surface area contributed by atoms with Crippen LogP contribution in [-0.4, -0.2) is 39.4 Å². The lowest BCUT2D eigenvalue weighted by molar-refractivity contribution is -0.138.